The molecule has 4 nitrogen and oxygen atoms in total. The van der Waals surface area contributed by atoms with Gasteiger partial charge in [-0.05, 0) is 37.6 Å². The number of nitrogens with zero attached hydrogens (tertiary/aromatic N) is 3. The van der Waals surface area contributed by atoms with E-state index in [9.17, 15) is 0 Å². The molecule has 2 rings (SSSR count). The van der Waals surface area contributed by atoms with Gasteiger partial charge in [-0.3, -0.25) is 4.68 Å². The summed E-state index contributed by atoms with van der Waals surface area (Å²) < 4.78 is 2.00. The lowest BCUT2D eigenvalue weighted by molar-refractivity contribution is 0.158. The number of hydrogen-bond acceptors (Lipinski definition) is 3. The second kappa shape index (κ2) is 5.17. The van der Waals surface area contributed by atoms with E-state index in [1.54, 1.807) is 6.33 Å². The first kappa shape index (κ1) is 12.6. The van der Waals surface area contributed by atoms with Crippen LogP contribution in [0, 0.1) is 11.3 Å². The second-order valence-electron chi connectivity index (χ2n) is 5.56. The third-order valence-electron chi connectivity index (χ3n) is 4.30. The van der Waals surface area contributed by atoms with Gasteiger partial charge in [-0.15, -0.1) is 0 Å². The van der Waals surface area contributed by atoms with Crippen LogP contribution < -0.4 is 5.73 Å². The molecule has 0 radical (unpaired) electrons. The van der Waals surface area contributed by atoms with Crippen molar-refractivity contribution in [3.05, 3.63) is 12.2 Å². The van der Waals surface area contributed by atoms with Crippen molar-refractivity contribution in [3.63, 3.8) is 0 Å². The van der Waals surface area contributed by atoms with E-state index in [0.29, 0.717) is 0 Å². The summed E-state index contributed by atoms with van der Waals surface area (Å²) in [6, 6.07) is 0. The van der Waals surface area contributed by atoms with Crippen LogP contribution in [0.1, 0.15) is 45.4 Å². The van der Waals surface area contributed by atoms with Crippen LogP contribution in [0.25, 0.3) is 0 Å². The van der Waals surface area contributed by atoms with E-state index >= 15 is 0 Å². The van der Waals surface area contributed by atoms with Gasteiger partial charge in [0.05, 0.1) is 0 Å². The SMILES string of the molecule is CCn1ncnc1CC1(CN)CCC(C)CC1. The van der Waals surface area contributed by atoms with Crippen LogP contribution in [-0.4, -0.2) is 21.3 Å². The predicted molar refractivity (Wildman–Crippen MR) is 68.5 cm³/mol. The van der Waals surface area contributed by atoms with Crippen molar-refractivity contribution in [2.45, 2.75) is 52.5 Å². The molecule has 1 saturated carbocycles. The topological polar surface area (TPSA) is 56.7 Å². The third-order valence-corrected chi connectivity index (χ3v) is 4.30. The quantitative estimate of drug-likeness (QED) is 0.870. The van der Waals surface area contributed by atoms with Gasteiger partial charge in [0.2, 0.25) is 0 Å². The fraction of sp³-hybridized carbons (Fsp3) is 0.846. The van der Waals surface area contributed by atoms with Gasteiger partial charge >= 0.3 is 0 Å². The number of hydrogen-bond donors (Lipinski definition) is 1. The number of aryl methyl sites for hydroxylation is 1. The molecular formula is C13H24N4. The molecule has 0 saturated heterocycles. The first-order chi connectivity index (χ1) is 8.19. The van der Waals surface area contributed by atoms with Gasteiger partial charge < -0.3 is 5.73 Å². The van der Waals surface area contributed by atoms with Gasteiger partial charge in [0, 0.05) is 13.0 Å². The summed E-state index contributed by atoms with van der Waals surface area (Å²) in [5, 5.41) is 4.25. The average Bonchev–Trinajstić information content (AvgIpc) is 2.79. The van der Waals surface area contributed by atoms with Gasteiger partial charge in [-0.1, -0.05) is 19.8 Å². The second-order valence-corrected chi connectivity index (χ2v) is 5.56. The smallest absolute Gasteiger partial charge is 0.138 e. The van der Waals surface area contributed by atoms with Crippen LogP contribution in [-0.2, 0) is 13.0 Å². The van der Waals surface area contributed by atoms with E-state index < -0.39 is 0 Å². The zero-order valence-electron chi connectivity index (χ0n) is 11.0. The molecule has 1 aromatic heterocycles. The Kier molecular flexibility index (Phi) is 3.82. The molecule has 0 amide bonds. The lowest BCUT2D eigenvalue weighted by Crippen LogP contribution is -2.37. The van der Waals surface area contributed by atoms with Gasteiger partial charge in [-0.2, -0.15) is 5.10 Å². The summed E-state index contributed by atoms with van der Waals surface area (Å²) in [7, 11) is 0. The molecule has 0 bridgehead atoms. The Morgan fingerprint density at radius 3 is 2.76 bits per heavy atom. The van der Waals surface area contributed by atoms with Gasteiger partial charge in [-0.25, -0.2) is 4.98 Å². The minimum atomic E-state index is 0.270. The molecule has 1 heterocycles. The molecular weight excluding hydrogens is 212 g/mol. The molecule has 2 N–H and O–H groups in total. The van der Waals surface area contributed by atoms with Crippen molar-refractivity contribution < 1.29 is 0 Å². The molecule has 1 aliphatic carbocycles. The highest BCUT2D eigenvalue weighted by Crippen LogP contribution is 2.40. The fourth-order valence-electron chi connectivity index (χ4n) is 2.85. The maximum Gasteiger partial charge on any atom is 0.138 e. The van der Waals surface area contributed by atoms with Crippen molar-refractivity contribution in [2.24, 2.45) is 17.1 Å². The zero-order chi connectivity index (χ0) is 12.3. The number of aromatic nitrogens is 3. The van der Waals surface area contributed by atoms with E-state index in [1.807, 2.05) is 4.68 Å². The summed E-state index contributed by atoms with van der Waals surface area (Å²) in [6.45, 7) is 6.12. The van der Waals surface area contributed by atoms with Crippen LogP contribution in [0.5, 0.6) is 0 Å². The van der Waals surface area contributed by atoms with E-state index in [4.69, 9.17) is 5.73 Å². The Morgan fingerprint density at radius 1 is 1.47 bits per heavy atom. The maximum absolute atomic E-state index is 6.03. The van der Waals surface area contributed by atoms with Crippen molar-refractivity contribution in [2.75, 3.05) is 6.54 Å². The van der Waals surface area contributed by atoms with Crippen molar-refractivity contribution in [1.82, 2.24) is 14.8 Å². The molecule has 1 aromatic rings. The molecule has 4 heteroatoms. The molecule has 0 aromatic carbocycles. The first-order valence-corrected chi connectivity index (χ1v) is 6.76. The van der Waals surface area contributed by atoms with Crippen LogP contribution in [0.4, 0.5) is 0 Å². The van der Waals surface area contributed by atoms with Gasteiger partial charge in [0.25, 0.3) is 0 Å². The van der Waals surface area contributed by atoms with Crippen LogP contribution in [0.3, 0.4) is 0 Å². The summed E-state index contributed by atoms with van der Waals surface area (Å²) in [5.74, 6) is 1.96. The summed E-state index contributed by atoms with van der Waals surface area (Å²) in [5.41, 5.74) is 6.30. The lowest BCUT2D eigenvalue weighted by atomic mass is 9.69. The monoisotopic (exact) mass is 236 g/mol. The largest absolute Gasteiger partial charge is 0.330 e. The Hall–Kier alpha value is -0.900. The highest BCUT2D eigenvalue weighted by atomic mass is 15.3. The number of nitrogens with two attached hydrogens (primary N) is 1. The fourth-order valence-corrected chi connectivity index (χ4v) is 2.85. The summed E-state index contributed by atoms with van der Waals surface area (Å²) >= 11 is 0. The van der Waals surface area contributed by atoms with E-state index in [1.165, 1.54) is 25.7 Å². The Morgan fingerprint density at radius 2 is 2.18 bits per heavy atom. The van der Waals surface area contributed by atoms with Crippen LogP contribution >= 0.6 is 0 Å². The number of rotatable bonds is 4. The van der Waals surface area contributed by atoms with E-state index in [-0.39, 0.29) is 5.41 Å². The Labute approximate surface area is 104 Å². The standard InChI is InChI=1S/C13H24N4/c1-3-17-12(15-10-16-17)8-13(9-14)6-4-11(2)5-7-13/h10-11H,3-9,14H2,1-2H3. The van der Waals surface area contributed by atoms with Crippen molar-refractivity contribution in [3.8, 4) is 0 Å². The molecule has 0 unspecified atom stereocenters. The van der Waals surface area contributed by atoms with E-state index in [2.05, 4.69) is 23.9 Å². The first-order valence-electron chi connectivity index (χ1n) is 6.76. The predicted octanol–water partition coefficient (Wildman–Crippen LogP) is 2.00. The van der Waals surface area contributed by atoms with Crippen LogP contribution in [0.2, 0.25) is 0 Å². The summed E-state index contributed by atoms with van der Waals surface area (Å²) in [6.07, 6.45) is 7.73. The third kappa shape index (κ3) is 2.68. The molecule has 0 spiro atoms. The Bertz CT molecular complexity index is 350. The van der Waals surface area contributed by atoms with Gasteiger partial charge in [0.15, 0.2) is 0 Å². The summed E-state index contributed by atoms with van der Waals surface area (Å²) in [4.78, 5) is 4.39. The highest BCUT2D eigenvalue weighted by Gasteiger charge is 2.34. The molecule has 1 fully saturated rings. The average molecular weight is 236 g/mol. The zero-order valence-corrected chi connectivity index (χ0v) is 11.0. The minimum absolute atomic E-state index is 0.270. The van der Waals surface area contributed by atoms with Gasteiger partial charge in [0.1, 0.15) is 12.2 Å². The molecule has 17 heavy (non-hydrogen) atoms. The normalized spacial score (nSPS) is 29.5. The molecule has 0 atom stereocenters. The molecule has 96 valence electrons. The highest BCUT2D eigenvalue weighted by molar-refractivity contribution is 4.96. The lowest BCUT2D eigenvalue weighted by Gasteiger charge is -2.38. The van der Waals surface area contributed by atoms with E-state index in [0.717, 1.165) is 31.3 Å². The molecule has 1 aliphatic rings. The Balaban J connectivity index is 2.09. The molecule has 0 aliphatic heterocycles. The van der Waals surface area contributed by atoms with Crippen molar-refractivity contribution >= 4 is 0 Å². The van der Waals surface area contributed by atoms with Crippen LogP contribution in [0.15, 0.2) is 6.33 Å². The minimum Gasteiger partial charge on any atom is -0.330 e. The van der Waals surface area contributed by atoms with Crippen molar-refractivity contribution in [1.29, 1.82) is 0 Å². The maximum atomic E-state index is 6.03.